The SMILES string of the molecule is CN(C)CCn1cc(Nc2ccccc2)cn1. The molecule has 0 bridgehead atoms. The molecule has 1 N–H and O–H groups in total. The van der Waals surface area contributed by atoms with Crippen LogP contribution in [0.4, 0.5) is 11.4 Å². The van der Waals surface area contributed by atoms with E-state index in [0.29, 0.717) is 0 Å². The van der Waals surface area contributed by atoms with Crippen LogP contribution >= 0.6 is 0 Å². The first kappa shape index (κ1) is 11.7. The maximum atomic E-state index is 4.31. The average Bonchev–Trinajstić information content (AvgIpc) is 2.75. The van der Waals surface area contributed by atoms with E-state index in [-0.39, 0.29) is 0 Å². The zero-order valence-corrected chi connectivity index (χ0v) is 10.3. The van der Waals surface area contributed by atoms with Gasteiger partial charge in [0.25, 0.3) is 0 Å². The van der Waals surface area contributed by atoms with Gasteiger partial charge in [0.15, 0.2) is 0 Å². The van der Waals surface area contributed by atoms with Crippen LogP contribution in [0.2, 0.25) is 0 Å². The molecule has 0 aliphatic heterocycles. The molecule has 0 unspecified atom stereocenters. The van der Waals surface area contributed by atoms with E-state index in [1.807, 2.05) is 47.4 Å². The van der Waals surface area contributed by atoms with Crippen LogP contribution in [0.1, 0.15) is 0 Å². The summed E-state index contributed by atoms with van der Waals surface area (Å²) in [5, 5.41) is 7.63. The number of rotatable bonds is 5. The number of benzene rings is 1. The molecule has 0 saturated heterocycles. The molecule has 0 saturated carbocycles. The predicted octanol–water partition coefficient (Wildman–Crippen LogP) is 2.19. The summed E-state index contributed by atoms with van der Waals surface area (Å²) < 4.78 is 1.95. The summed E-state index contributed by atoms with van der Waals surface area (Å²) in [4.78, 5) is 2.14. The van der Waals surface area contributed by atoms with Gasteiger partial charge in [-0.05, 0) is 26.2 Å². The number of likely N-dealkylation sites (N-methyl/N-ethyl adjacent to an activating group) is 1. The second-order valence-corrected chi connectivity index (χ2v) is 4.29. The number of nitrogens with zero attached hydrogens (tertiary/aromatic N) is 3. The Morgan fingerprint density at radius 2 is 1.94 bits per heavy atom. The highest BCUT2D eigenvalue weighted by molar-refractivity contribution is 5.57. The Morgan fingerprint density at radius 1 is 1.18 bits per heavy atom. The van der Waals surface area contributed by atoms with Crippen molar-refractivity contribution in [3.05, 3.63) is 42.7 Å². The van der Waals surface area contributed by atoms with Gasteiger partial charge in [0.2, 0.25) is 0 Å². The maximum Gasteiger partial charge on any atom is 0.0770 e. The summed E-state index contributed by atoms with van der Waals surface area (Å²) >= 11 is 0. The zero-order valence-electron chi connectivity index (χ0n) is 10.3. The number of para-hydroxylation sites is 1. The fraction of sp³-hybridized carbons (Fsp3) is 0.308. The van der Waals surface area contributed by atoms with Crippen molar-refractivity contribution in [3.8, 4) is 0 Å². The van der Waals surface area contributed by atoms with Crippen molar-refractivity contribution >= 4 is 11.4 Å². The minimum absolute atomic E-state index is 0.906. The van der Waals surface area contributed by atoms with Crippen LogP contribution in [0.5, 0.6) is 0 Å². The number of aromatic nitrogens is 2. The van der Waals surface area contributed by atoms with E-state index in [9.17, 15) is 0 Å². The summed E-state index contributed by atoms with van der Waals surface area (Å²) in [5.41, 5.74) is 2.11. The molecule has 2 aromatic rings. The highest BCUT2D eigenvalue weighted by Gasteiger charge is 1.99. The van der Waals surface area contributed by atoms with Crippen molar-refractivity contribution in [1.82, 2.24) is 14.7 Å². The second-order valence-electron chi connectivity index (χ2n) is 4.29. The molecule has 4 nitrogen and oxygen atoms in total. The molecule has 0 amide bonds. The molecule has 17 heavy (non-hydrogen) atoms. The predicted molar refractivity (Wildman–Crippen MR) is 70.5 cm³/mol. The molecule has 1 heterocycles. The van der Waals surface area contributed by atoms with Crippen LogP contribution in [0.25, 0.3) is 0 Å². The van der Waals surface area contributed by atoms with E-state index in [2.05, 4.69) is 29.4 Å². The smallest absolute Gasteiger partial charge is 0.0770 e. The van der Waals surface area contributed by atoms with Gasteiger partial charge in [-0.3, -0.25) is 4.68 Å². The Labute approximate surface area is 102 Å². The third kappa shape index (κ3) is 3.60. The third-order valence-corrected chi connectivity index (χ3v) is 2.47. The molecule has 2 rings (SSSR count). The molecule has 0 aliphatic rings. The number of nitrogens with one attached hydrogen (secondary N) is 1. The third-order valence-electron chi connectivity index (χ3n) is 2.47. The maximum absolute atomic E-state index is 4.31. The van der Waals surface area contributed by atoms with Crippen molar-refractivity contribution in [2.45, 2.75) is 6.54 Å². The highest BCUT2D eigenvalue weighted by Crippen LogP contribution is 2.14. The van der Waals surface area contributed by atoms with E-state index < -0.39 is 0 Å². The van der Waals surface area contributed by atoms with Crippen LogP contribution in [-0.2, 0) is 6.54 Å². The average molecular weight is 230 g/mol. The molecule has 0 spiro atoms. The van der Waals surface area contributed by atoms with Gasteiger partial charge in [0.1, 0.15) is 0 Å². The minimum atomic E-state index is 0.906. The van der Waals surface area contributed by atoms with Gasteiger partial charge < -0.3 is 10.2 Å². The van der Waals surface area contributed by atoms with E-state index >= 15 is 0 Å². The van der Waals surface area contributed by atoms with Gasteiger partial charge in [0, 0.05) is 18.4 Å². The van der Waals surface area contributed by atoms with Crippen LogP contribution in [0, 0.1) is 0 Å². The van der Waals surface area contributed by atoms with E-state index in [1.165, 1.54) is 0 Å². The number of anilines is 2. The molecular weight excluding hydrogens is 212 g/mol. The number of hydrogen-bond donors (Lipinski definition) is 1. The van der Waals surface area contributed by atoms with Crippen molar-refractivity contribution < 1.29 is 0 Å². The Kier molecular flexibility index (Phi) is 3.77. The second kappa shape index (κ2) is 5.50. The van der Waals surface area contributed by atoms with Crippen molar-refractivity contribution in [2.75, 3.05) is 26.0 Å². The molecule has 90 valence electrons. The van der Waals surface area contributed by atoms with E-state index in [1.54, 1.807) is 0 Å². The number of hydrogen-bond acceptors (Lipinski definition) is 3. The van der Waals surface area contributed by atoms with Gasteiger partial charge >= 0.3 is 0 Å². The summed E-state index contributed by atoms with van der Waals surface area (Å²) in [6.07, 6.45) is 3.87. The van der Waals surface area contributed by atoms with Crippen molar-refractivity contribution in [1.29, 1.82) is 0 Å². The van der Waals surface area contributed by atoms with E-state index in [4.69, 9.17) is 0 Å². The minimum Gasteiger partial charge on any atom is -0.353 e. The lowest BCUT2D eigenvalue weighted by Crippen LogP contribution is -2.18. The normalized spacial score (nSPS) is 10.8. The lowest BCUT2D eigenvalue weighted by atomic mass is 10.3. The molecule has 0 atom stereocenters. The summed E-state index contributed by atoms with van der Waals surface area (Å²) in [5.74, 6) is 0. The first-order chi connectivity index (χ1) is 8.24. The molecular formula is C13H18N4. The summed E-state index contributed by atoms with van der Waals surface area (Å²) in [6.45, 7) is 1.90. The largest absolute Gasteiger partial charge is 0.353 e. The molecule has 4 heteroatoms. The Bertz CT molecular complexity index is 447. The summed E-state index contributed by atoms with van der Waals surface area (Å²) in [6, 6.07) is 10.1. The molecule has 1 aromatic heterocycles. The molecule has 0 aliphatic carbocycles. The van der Waals surface area contributed by atoms with Gasteiger partial charge in [-0.1, -0.05) is 18.2 Å². The van der Waals surface area contributed by atoms with Gasteiger partial charge in [-0.2, -0.15) is 5.10 Å². The molecule has 0 fully saturated rings. The first-order valence-corrected chi connectivity index (χ1v) is 5.73. The standard InChI is InChI=1S/C13H18N4/c1-16(2)8-9-17-11-13(10-14-17)15-12-6-4-3-5-7-12/h3-7,10-11,15H,8-9H2,1-2H3. The Hall–Kier alpha value is -1.81. The van der Waals surface area contributed by atoms with Crippen LogP contribution in [0.15, 0.2) is 42.7 Å². The Balaban J connectivity index is 1.94. The fourth-order valence-corrected chi connectivity index (χ4v) is 1.54. The Morgan fingerprint density at radius 3 is 2.65 bits per heavy atom. The lowest BCUT2D eigenvalue weighted by molar-refractivity contribution is 0.373. The van der Waals surface area contributed by atoms with Gasteiger partial charge in [-0.15, -0.1) is 0 Å². The monoisotopic (exact) mass is 230 g/mol. The highest BCUT2D eigenvalue weighted by atomic mass is 15.3. The van der Waals surface area contributed by atoms with E-state index in [0.717, 1.165) is 24.5 Å². The lowest BCUT2D eigenvalue weighted by Gasteiger charge is -2.08. The van der Waals surface area contributed by atoms with Crippen LogP contribution in [0.3, 0.4) is 0 Å². The van der Waals surface area contributed by atoms with Crippen LogP contribution < -0.4 is 5.32 Å². The van der Waals surface area contributed by atoms with Crippen LogP contribution in [-0.4, -0.2) is 35.3 Å². The molecule has 0 radical (unpaired) electrons. The molecule has 1 aromatic carbocycles. The fourth-order valence-electron chi connectivity index (χ4n) is 1.54. The van der Waals surface area contributed by atoms with Gasteiger partial charge in [-0.25, -0.2) is 0 Å². The van der Waals surface area contributed by atoms with Crippen molar-refractivity contribution in [3.63, 3.8) is 0 Å². The topological polar surface area (TPSA) is 33.1 Å². The first-order valence-electron chi connectivity index (χ1n) is 5.73. The van der Waals surface area contributed by atoms with Gasteiger partial charge in [0.05, 0.1) is 18.4 Å². The van der Waals surface area contributed by atoms with Crippen molar-refractivity contribution in [2.24, 2.45) is 0 Å². The quantitative estimate of drug-likeness (QED) is 0.854. The zero-order chi connectivity index (χ0) is 12.1. The summed E-state index contributed by atoms with van der Waals surface area (Å²) in [7, 11) is 4.12.